The van der Waals surface area contributed by atoms with Crippen LogP contribution in [-0.2, 0) is 14.2 Å². The van der Waals surface area contributed by atoms with E-state index < -0.39 is 5.97 Å². The standard InChI is InChI=1S/C19H40O3/c1-7-10-11-12-13-16-17(14-8-2)18(15-9-3)19(20-4,21-5)22-6/h17-18H,7-16H2,1-6H3. The van der Waals surface area contributed by atoms with Crippen molar-refractivity contribution in [2.24, 2.45) is 11.8 Å². The Morgan fingerprint density at radius 2 is 1.18 bits per heavy atom. The number of methoxy groups -OCH3 is 3. The van der Waals surface area contributed by atoms with E-state index >= 15 is 0 Å². The van der Waals surface area contributed by atoms with Gasteiger partial charge in [0.2, 0.25) is 0 Å². The first-order chi connectivity index (χ1) is 10.7. The molecule has 0 N–H and O–H groups in total. The highest BCUT2D eigenvalue weighted by molar-refractivity contribution is 4.78. The van der Waals surface area contributed by atoms with E-state index in [1.165, 1.54) is 51.4 Å². The van der Waals surface area contributed by atoms with Crippen molar-refractivity contribution in [1.82, 2.24) is 0 Å². The fraction of sp³-hybridized carbons (Fsp3) is 1.00. The zero-order valence-corrected chi connectivity index (χ0v) is 16.0. The topological polar surface area (TPSA) is 27.7 Å². The lowest BCUT2D eigenvalue weighted by molar-refractivity contribution is -0.386. The molecule has 3 nitrogen and oxygen atoms in total. The second-order valence-corrected chi connectivity index (χ2v) is 6.36. The molecular formula is C19H40O3. The van der Waals surface area contributed by atoms with Gasteiger partial charge in [0.25, 0.3) is 5.97 Å². The van der Waals surface area contributed by atoms with Crippen molar-refractivity contribution in [2.45, 2.75) is 91.0 Å². The maximum atomic E-state index is 5.68. The molecule has 0 fully saturated rings. The summed E-state index contributed by atoms with van der Waals surface area (Å²) in [6.45, 7) is 6.76. The number of ether oxygens (including phenoxy) is 3. The van der Waals surface area contributed by atoms with Crippen LogP contribution in [0.15, 0.2) is 0 Å². The van der Waals surface area contributed by atoms with Gasteiger partial charge in [0.05, 0.1) is 0 Å². The van der Waals surface area contributed by atoms with E-state index in [9.17, 15) is 0 Å². The van der Waals surface area contributed by atoms with Crippen LogP contribution in [0.25, 0.3) is 0 Å². The zero-order valence-electron chi connectivity index (χ0n) is 16.0. The predicted octanol–water partition coefficient (Wildman–Crippen LogP) is 5.77. The summed E-state index contributed by atoms with van der Waals surface area (Å²) in [5.41, 5.74) is 0. The fourth-order valence-corrected chi connectivity index (χ4v) is 3.64. The van der Waals surface area contributed by atoms with E-state index in [0.717, 1.165) is 12.8 Å². The summed E-state index contributed by atoms with van der Waals surface area (Å²) in [7, 11) is 5.08. The number of hydrogen-bond donors (Lipinski definition) is 0. The van der Waals surface area contributed by atoms with Gasteiger partial charge in [-0.3, -0.25) is 0 Å². The molecule has 0 aliphatic carbocycles. The minimum absolute atomic E-state index is 0.295. The molecule has 0 bridgehead atoms. The maximum Gasteiger partial charge on any atom is 0.285 e. The molecule has 22 heavy (non-hydrogen) atoms. The van der Waals surface area contributed by atoms with Crippen LogP contribution in [0.3, 0.4) is 0 Å². The molecule has 134 valence electrons. The van der Waals surface area contributed by atoms with Gasteiger partial charge in [-0.15, -0.1) is 0 Å². The molecule has 0 aromatic carbocycles. The zero-order chi connectivity index (χ0) is 16.8. The van der Waals surface area contributed by atoms with Gasteiger partial charge in [-0.1, -0.05) is 72.1 Å². The molecule has 0 heterocycles. The second kappa shape index (κ2) is 13.3. The first-order valence-electron chi connectivity index (χ1n) is 9.31. The van der Waals surface area contributed by atoms with Crippen LogP contribution in [0.2, 0.25) is 0 Å². The fourth-order valence-electron chi connectivity index (χ4n) is 3.64. The van der Waals surface area contributed by atoms with Crippen molar-refractivity contribution in [1.29, 1.82) is 0 Å². The normalized spacial score (nSPS) is 15.0. The molecule has 0 amide bonds. The monoisotopic (exact) mass is 316 g/mol. The van der Waals surface area contributed by atoms with Gasteiger partial charge in [-0.2, -0.15) is 0 Å². The second-order valence-electron chi connectivity index (χ2n) is 6.36. The van der Waals surface area contributed by atoms with E-state index in [2.05, 4.69) is 20.8 Å². The number of hydrogen-bond acceptors (Lipinski definition) is 3. The van der Waals surface area contributed by atoms with Crippen LogP contribution in [0.5, 0.6) is 0 Å². The van der Waals surface area contributed by atoms with Gasteiger partial charge in [-0.05, 0) is 18.8 Å². The summed E-state index contributed by atoms with van der Waals surface area (Å²) >= 11 is 0. The molecule has 3 heteroatoms. The Balaban J connectivity index is 4.84. The molecule has 0 aromatic heterocycles. The maximum absolute atomic E-state index is 5.68. The van der Waals surface area contributed by atoms with Crippen LogP contribution in [-0.4, -0.2) is 27.3 Å². The van der Waals surface area contributed by atoms with Gasteiger partial charge < -0.3 is 14.2 Å². The highest BCUT2D eigenvalue weighted by Gasteiger charge is 2.43. The molecule has 2 atom stereocenters. The number of unbranched alkanes of at least 4 members (excludes halogenated alkanes) is 4. The number of rotatable bonds is 15. The highest BCUT2D eigenvalue weighted by Crippen LogP contribution is 2.38. The largest absolute Gasteiger partial charge is 0.331 e. The summed E-state index contributed by atoms with van der Waals surface area (Å²) < 4.78 is 17.0. The third-order valence-electron chi connectivity index (χ3n) is 4.81. The van der Waals surface area contributed by atoms with Gasteiger partial charge in [0.1, 0.15) is 0 Å². The van der Waals surface area contributed by atoms with Gasteiger partial charge >= 0.3 is 0 Å². The van der Waals surface area contributed by atoms with Crippen molar-refractivity contribution < 1.29 is 14.2 Å². The molecular weight excluding hydrogens is 276 g/mol. The molecule has 0 aromatic rings. The van der Waals surface area contributed by atoms with E-state index in [1.807, 2.05) is 0 Å². The van der Waals surface area contributed by atoms with Crippen LogP contribution in [0, 0.1) is 11.8 Å². The molecule has 0 rings (SSSR count). The lowest BCUT2D eigenvalue weighted by atomic mass is 9.80. The Bertz CT molecular complexity index is 231. The average Bonchev–Trinajstić information content (AvgIpc) is 2.55. The summed E-state index contributed by atoms with van der Waals surface area (Å²) in [5.74, 6) is 0.00858. The quantitative estimate of drug-likeness (QED) is 0.283. The first-order valence-corrected chi connectivity index (χ1v) is 9.31. The van der Waals surface area contributed by atoms with Crippen molar-refractivity contribution >= 4 is 0 Å². The third kappa shape index (κ3) is 6.97. The lowest BCUT2D eigenvalue weighted by Crippen LogP contribution is -2.47. The van der Waals surface area contributed by atoms with Crippen LogP contribution < -0.4 is 0 Å². The first kappa shape index (κ1) is 21.9. The van der Waals surface area contributed by atoms with Crippen molar-refractivity contribution in [3.63, 3.8) is 0 Å². The van der Waals surface area contributed by atoms with Crippen LogP contribution in [0.4, 0.5) is 0 Å². The summed E-state index contributed by atoms with van der Waals surface area (Å²) in [6.07, 6.45) is 12.5. The molecule has 0 radical (unpaired) electrons. The average molecular weight is 317 g/mol. The van der Waals surface area contributed by atoms with Crippen molar-refractivity contribution in [3.05, 3.63) is 0 Å². The minimum atomic E-state index is -0.890. The molecule has 0 aliphatic heterocycles. The molecule has 0 aliphatic rings. The lowest BCUT2D eigenvalue weighted by Gasteiger charge is -2.40. The summed E-state index contributed by atoms with van der Waals surface area (Å²) in [4.78, 5) is 0. The Morgan fingerprint density at radius 1 is 0.636 bits per heavy atom. The molecule has 2 unspecified atom stereocenters. The SMILES string of the molecule is CCCCCCCC(CCC)C(CCC)C(OC)(OC)OC. The smallest absolute Gasteiger partial charge is 0.285 e. The minimum Gasteiger partial charge on any atom is -0.331 e. The molecule has 0 spiro atoms. The Morgan fingerprint density at radius 3 is 1.64 bits per heavy atom. The Labute approximate surface area is 139 Å². The van der Waals surface area contributed by atoms with E-state index in [0.29, 0.717) is 11.8 Å². The Hall–Kier alpha value is -0.120. The van der Waals surface area contributed by atoms with Crippen LogP contribution >= 0.6 is 0 Å². The molecule has 0 saturated heterocycles. The van der Waals surface area contributed by atoms with Gasteiger partial charge in [-0.25, -0.2) is 0 Å². The van der Waals surface area contributed by atoms with Gasteiger partial charge in [0, 0.05) is 27.2 Å². The van der Waals surface area contributed by atoms with Crippen LogP contribution in [0.1, 0.15) is 85.0 Å². The summed E-state index contributed by atoms with van der Waals surface area (Å²) in [5, 5.41) is 0. The van der Waals surface area contributed by atoms with E-state index in [-0.39, 0.29) is 0 Å². The summed E-state index contributed by atoms with van der Waals surface area (Å²) in [6, 6.07) is 0. The van der Waals surface area contributed by atoms with Gasteiger partial charge in [0.15, 0.2) is 0 Å². The highest BCUT2D eigenvalue weighted by atomic mass is 16.9. The molecule has 0 saturated carbocycles. The third-order valence-corrected chi connectivity index (χ3v) is 4.81. The van der Waals surface area contributed by atoms with E-state index in [4.69, 9.17) is 14.2 Å². The Kier molecular flexibility index (Phi) is 13.3. The predicted molar refractivity (Wildman–Crippen MR) is 93.9 cm³/mol. The van der Waals surface area contributed by atoms with Crippen molar-refractivity contribution in [2.75, 3.05) is 21.3 Å². The van der Waals surface area contributed by atoms with Crippen molar-refractivity contribution in [3.8, 4) is 0 Å². The van der Waals surface area contributed by atoms with E-state index in [1.54, 1.807) is 21.3 Å².